The molecule has 3 rings (SSSR count). The van der Waals surface area contributed by atoms with Crippen LogP contribution in [-0.4, -0.2) is 34.2 Å². The lowest BCUT2D eigenvalue weighted by molar-refractivity contribution is -0.138. The number of aliphatic hydroxyl groups excluding tert-OH is 1. The predicted molar refractivity (Wildman–Crippen MR) is 72.3 cm³/mol. The third-order valence-corrected chi connectivity index (χ3v) is 3.64. The van der Waals surface area contributed by atoms with Crippen molar-refractivity contribution in [1.82, 2.24) is 10.2 Å². The Labute approximate surface area is 116 Å². The van der Waals surface area contributed by atoms with Crippen molar-refractivity contribution in [2.24, 2.45) is 4.99 Å². The van der Waals surface area contributed by atoms with Gasteiger partial charge in [-0.1, -0.05) is 11.6 Å². The van der Waals surface area contributed by atoms with Crippen molar-refractivity contribution in [2.75, 3.05) is 0 Å². The third-order valence-electron chi connectivity index (χ3n) is 3.64. The van der Waals surface area contributed by atoms with E-state index in [0.717, 1.165) is 5.56 Å². The molecule has 2 aliphatic rings. The molecule has 0 aliphatic carbocycles. The summed E-state index contributed by atoms with van der Waals surface area (Å²) in [7, 11) is 0. The van der Waals surface area contributed by atoms with Gasteiger partial charge in [0.1, 0.15) is 6.04 Å². The van der Waals surface area contributed by atoms with Crippen LogP contribution >= 0.6 is 0 Å². The first kappa shape index (κ1) is 12.8. The number of hydrogen-bond acceptors (Lipinski definition) is 5. The number of fused-ring (bicyclic) bond motifs is 1. The molecular weight excluding hydrogens is 258 g/mol. The molecule has 1 aromatic carbocycles. The molecule has 0 aromatic heterocycles. The minimum Gasteiger partial charge on any atom is -0.369 e. The number of hydrogen-bond donors (Lipinski definition) is 2. The van der Waals surface area contributed by atoms with Crippen molar-refractivity contribution in [3.63, 3.8) is 0 Å². The van der Waals surface area contributed by atoms with Crippen molar-refractivity contribution >= 4 is 23.8 Å². The number of carbonyl (C=O) groups excluding carboxylic acids is 2. The monoisotopic (exact) mass is 273 g/mol. The Morgan fingerprint density at radius 1 is 1.40 bits per heavy atom. The highest BCUT2D eigenvalue weighted by Gasteiger charge is 2.36. The molecule has 1 aromatic rings. The van der Waals surface area contributed by atoms with Crippen molar-refractivity contribution in [3.05, 3.63) is 29.3 Å². The van der Waals surface area contributed by atoms with Crippen LogP contribution in [0.15, 0.2) is 23.2 Å². The van der Waals surface area contributed by atoms with E-state index in [1.54, 1.807) is 0 Å². The number of nitrogens with zero attached hydrogens (tertiary/aromatic N) is 2. The van der Waals surface area contributed by atoms with Gasteiger partial charge in [-0.05, 0) is 25.5 Å². The highest BCUT2D eigenvalue weighted by molar-refractivity contribution is 6.01. The zero-order chi connectivity index (χ0) is 14.3. The van der Waals surface area contributed by atoms with Crippen LogP contribution in [-0.2, 0) is 9.59 Å². The van der Waals surface area contributed by atoms with E-state index in [4.69, 9.17) is 0 Å². The van der Waals surface area contributed by atoms with Crippen LogP contribution in [0.5, 0.6) is 0 Å². The Bertz CT molecular complexity index is 612. The number of imide groups is 1. The Kier molecular flexibility index (Phi) is 3.02. The maximum absolute atomic E-state index is 11.9. The zero-order valence-corrected chi connectivity index (χ0v) is 11.0. The predicted octanol–water partition coefficient (Wildman–Crippen LogP) is 0.767. The molecule has 20 heavy (non-hydrogen) atoms. The highest BCUT2D eigenvalue weighted by Crippen LogP contribution is 2.34. The second-order valence-electron chi connectivity index (χ2n) is 5.09. The first-order chi connectivity index (χ1) is 9.56. The number of rotatable bonds is 1. The van der Waals surface area contributed by atoms with Gasteiger partial charge in [0.25, 0.3) is 0 Å². The van der Waals surface area contributed by atoms with Crippen LogP contribution in [0.4, 0.5) is 5.69 Å². The summed E-state index contributed by atoms with van der Waals surface area (Å²) in [5, 5.41) is 12.7. The molecule has 2 N–H and O–H groups in total. The van der Waals surface area contributed by atoms with Gasteiger partial charge >= 0.3 is 0 Å². The Morgan fingerprint density at radius 2 is 2.20 bits per heavy atom. The molecule has 2 atom stereocenters. The molecular formula is C14H15N3O3. The third kappa shape index (κ3) is 2.08. The first-order valence-corrected chi connectivity index (χ1v) is 6.50. The largest absolute Gasteiger partial charge is 0.369 e. The second kappa shape index (κ2) is 4.72. The maximum Gasteiger partial charge on any atom is 0.249 e. The lowest BCUT2D eigenvalue weighted by Gasteiger charge is -2.37. The molecule has 2 unspecified atom stereocenters. The molecule has 6 heteroatoms. The number of nitrogens with one attached hydrogen (secondary N) is 1. The van der Waals surface area contributed by atoms with Gasteiger partial charge in [-0.25, -0.2) is 4.99 Å². The zero-order valence-electron chi connectivity index (χ0n) is 11.0. The van der Waals surface area contributed by atoms with Crippen molar-refractivity contribution < 1.29 is 14.7 Å². The van der Waals surface area contributed by atoms with Crippen molar-refractivity contribution in [2.45, 2.75) is 32.0 Å². The second-order valence-corrected chi connectivity index (χ2v) is 5.09. The average molecular weight is 273 g/mol. The molecule has 6 nitrogen and oxygen atoms in total. The molecule has 1 fully saturated rings. The first-order valence-electron chi connectivity index (χ1n) is 6.50. The summed E-state index contributed by atoms with van der Waals surface area (Å²) in [5.41, 5.74) is 2.40. The molecule has 0 saturated carbocycles. The number of aliphatic hydroxyl groups is 1. The lowest BCUT2D eigenvalue weighted by atomic mass is 10.0. The van der Waals surface area contributed by atoms with Gasteiger partial charge in [0.2, 0.25) is 11.8 Å². The number of aryl methyl sites for hydroxylation is 1. The molecule has 2 amide bonds. The van der Waals surface area contributed by atoms with Crippen molar-refractivity contribution in [3.8, 4) is 0 Å². The summed E-state index contributed by atoms with van der Waals surface area (Å²) in [6, 6.07) is 5.05. The van der Waals surface area contributed by atoms with E-state index in [2.05, 4.69) is 10.3 Å². The number of carbonyl (C=O) groups is 2. The molecule has 2 aliphatic heterocycles. The Morgan fingerprint density at radius 3 is 2.95 bits per heavy atom. The van der Waals surface area contributed by atoms with Crippen LogP contribution < -0.4 is 5.32 Å². The fourth-order valence-corrected chi connectivity index (χ4v) is 2.57. The van der Waals surface area contributed by atoms with Gasteiger partial charge in [-0.2, -0.15) is 0 Å². The lowest BCUT2D eigenvalue weighted by Crippen LogP contribution is -2.53. The van der Waals surface area contributed by atoms with Crippen LogP contribution in [0.3, 0.4) is 0 Å². The summed E-state index contributed by atoms with van der Waals surface area (Å²) >= 11 is 0. The van der Waals surface area contributed by atoms with Crippen molar-refractivity contribution in [1.29, 1.82) is 0 Å². The minimum absolute atomic E-state index is 0.272. The molecule has 0 bridgehead atoms. The SMILES string of the molecule is Cc1ccc2c(c1)C(O)N(C1CCC(=O)NC1=O)C=N2. The van der Waals surface area contributed by atoms with Gasteiger partial charge in [-0.15, -0.1) is 0 Å². The quantitative estimate of drug-likeness (QED) is 0.740. The molecule has 104 valence electrons. The van der Waals surface area contributed by atoms with E-state index < -0.39 is 12.3 Å². The number of piperidine rings is 1. The van der Waals surface area contributed by atoms with E-state index in [1.807, 2.05) is 25.1 Å². The summed E-state index contributed by atoms with van der Waals surface area (Å²) < 4.78 is 0. The molecule has 1 saturated heterocycles. The van der Waals surface area contributed by atoms with Crippen LogP contribution in [0.2, 0.25) is 0 Å². The Hall–Kier alpha value is -2.21. The van der Waals surface area contributed by atoms with Crippen LogP contribution in [0.25, 0.3) is 0 Å². The summed E-state index contributed by atoms with van der Waals surface area (Å²) in [4.78, 5) is 28.8. The smallest absolute Gasteiger partial charge is 0.249 e. The van der Waals surface area contributed by atoms with Crippen LogP contribution in [0.1, 0.15) is 30.2 Å². The molecule has 0 radical (unpaired) electrons. The molecule has 2 heterocycles. The van der Waals surface area contributed by atoms with E-state index in [9.17, 15) is 14.7 Å². The summed E-state index contributed by atoms with van der Waals surface area (Å²) in [6.07, 6.45) is 1.21. The standard InChI is InChI=1S/C14H15N3O3/c1-8-2-3-10-9(6-8)14(20)17(7-15-10)11-4-5-12(18)16-13(11)19/h2-3,6-7,11,14,20H,4-5H2,1H3,(H,16,18,19). The van der Waals surface area contributed by atoms with E-state index >= 15 is 0 Å². The van der Waals surface area contributed by atoms with Gasteiger partial charge in [0.05, 0.1) is 12.0 Å². The molecule has 0 spiro atoms. The summed E-state index contributed by atoms with van der Waals surface area (Å²) in [6.45, 7) is 1.93. The minimum atomic E-state index is -0.925. The number of benzene rings is 1. The number of aliphatic imine (C=N–C) groups is 1. The fourth-order valence-electron chi connectivity index (χ4n) is 2.57. The number of amides is 2. The topological polar surface area (TPSA) is 82.0 Å². The van der Waals surface area contributed by atoms with E-state index in [0.29, 0.717) is 17.7 Å². The van der Waals surface area contributed by atoms with Gasteiger partial charge < -0.3 is 10.0 Å². The van der Waals surface area contributed by atoms with Gasteiger partial charge in [0.15, 0.2) is 6.23 Å². The average Bonchev–Trinajstić information content (AvgIpc) is 2.41. The van der Waals surface area contributed by atoms with Crippen LogP contribution in [0, 0.1) is 6.92 Å². The maximum atomic E-state index is 11.9. The Balaban J connectivity index is 1.90. The van der Waals surface area contributed by atoms with Gasteiger partial charge in [-0.3, -0.25) is 14.9 Å². The highest BCUT2D eigenvalue weighted by atomic mass is 16.3. The fraction of sp³-hybridized carbons (Fsp3) is 0.357. The summed E-state index contributed by atoms with van der Waals surface area (Å²) in [5.74, 6) is -0.659. The van der Waals surface area contributed by atoms with Gasteiger partial charge in [0, 0.05) is 12.0 Å². The van der Waals surface area contributed by atoms with E-state index in [-0.39, 0.29) is 18.2 Å². The normalized spacial score (nSPS) is 25.4. The van der Waals surface area contributed by atoms with E-state index in [1.165, 1.54) is 11.2 Å².